The molecule has 0 N–H and O–H groups in total. The highest BCUT2D eigenvalue weighted by atomic mass is 16.5. The van der Waals surface area contributed by atoms with Crippen molar-refractivity contribution in [1.29, 1.82) is 0 Å². The van der Waals surface area contributed by atoms with Crippen molar-refractivity contribution in [3.8, 4) is 11.1 Å². The highest BCUT2D eigenvalue weighted by Crippen LogP contribution is 2.35. The van der Waals surface area contributed by atoms with Crippen molar-refractivity contribution in [1.82, 2.24) is 4.90 Å². The van der Waals surface area contributed by atoms with Crippen LogP contribution in [-0.2, 0) is 14.9 Å². The molecule has 3 aromatic rings. The average Bonchev–Trinajstić information content (AvgIpc) is 2.92. The molecular formula is C33H42N2O2. The number of ether oxygens (including phenoxy) is 1. The Kier molecular flexibility index (Phi) is 9.04. The predicted molar refractivity (Wildman–Crippen MR) is 154 cm³/mol. The Morgan fingerprint density at radius 1 is 0.919 bits per heavy atom. The van der Waals surface area contributed by atoms with E-state index in [1.54, 1.807) is 0 Å². The molecule has 1 atom stereocenters. The van der Waals surface area contributed by atoms with Crippen LogP contribution < -0.4 is 4.90 Å². The zero-order valence-corrected chi connectivity index (χ0v) is 23.0. The van der Waals surface area contributed by atoms with Crippen LogP contribution in [-0.4, -0.2) is 49.7 Å². The standard InChI is InChI=1S/C33H42N2O2/c1-5-33(32(36)37-26(2)3,29-15-7-6-8-16-29)19-12-20-34-21-23-35(24-22-34)30-17-11-14-28(25-30)31-18-10-9-13-27(31)4/h6-11,13-18,25-26H,5,12,19-24H2,1-4H3. The molecule has 0 saturated carbocycles. The van der Waals surface area contributed by atoms with Gasteiger partial charge in [0.25, 0.3) is 0 Å². The molecule has 1 heterocycles. The van der Waals surface area contributed by atoms with E-state index in [-0.39, 0.29) is 12.1 Å². The molecule has 4 nitrogen and oxygen atoms in total. The molecule has 3 aromatic carbocycles. The molecule has 0 bridgehead atoms. The minimum atomic E-state index is -0.580. The predicted octanol–water partition coefficient (Wildman–Crippen LogP) is 6.86. The summed E-state index contributed by atoms with van der Waals surface area (Å²) in [6.07, 6.45) is 2.41. The molecule has 4 heteroatoms. The lowest BCUT2D eigenvalue weighted by atomic mass is 9.74. The Balaban J connectivity index is 1.36. The molecule has 1 fully saturated rings. The highest BCUT2D eigenvalue weighted by molar-refractivity contribution is 5.83. The number of carbonyl (C=O) groups excluding carboxylic acids is 1. The third kappa shape index (κ3) is 6.42. The first-order valence-corrected chi connectivity index (χ1v) is 13.8. The molecular weight excluding hydrogens is 456 g/mol. The Labute approximate surface area is 223 Å². The summed E-state index contributed by atoms with van der Waals surface area (Å²) >= 11 is 0. The number of carbonyl (C=O) groups is 1. The Morgan fingerprint density at radius 2 is 1.62 bits per heavy atom. The molecule has 1 saturated heterocycles. The molecule has 1 aliphatic heterocycles. The van der Waals surface area contributed by atoms with Gasteiger partial charge in [-0.1, -0.05) is 73.7 Å². The van der Waals surface area contributed by atoms with Crippen LogP contribution >= 0.6 is 0 Å². The second-order valence-electron chi connectivity index (χ2n) is 10.6. The van der Waals surface area contributed by atoms with Gasteiger partial charge in [0.1, 0.15) is 0 Å². The molecule has 196 valence electrons. The van der Waals surface area contributed by atoms with E-state index >= 15 is 0 Å². The zero-order chi connectivity index (χ0) is 26.3. The molecule has 37 heavy (non-hydrogen) atoms. The molecule has 0 amide bonds. The van der Waals surface area contributed by atoms with Crippen LogP contribution in [0.3, 0.4) is 0 Å². The molecule has 0 spiro atoms. The summed E-state index contributed by atoms with van der Waals surface area (Å²) in [5, 5.41) is 0. The normalized spacial score (nSPS) is 16.0. The van der Waals surface area contributed by atoms with Crippen LogP contribution in [0.1, 0.15) is 51.2 Å². The minimum absolute atomic E-state index is 0.0884. The maximum atomic E-state index is 13.3. The van der Waals surface area contributed by atoms with Gasteiger partial charge in [-0.3, -0.25) is 9.69 Å². The van der Waals surface area contributed by atoms with Gasteiger partial charge in [0.15, 0.2) is 0 Å². The first-order valence-electron chi connectivity index (χ1n) is 13.8. The SMILES string of the molecule is CCC(CCCN1CCN(c2cccc(-c3ccccc3C)c2)CC1)(C(=O)OC(C)C)c1ccccc1. The number of rotatable bonds is 10. The van der Waals surface area contributed by atoms with E-state index in [0.717, 1.165) is 57.5 Å². The van der Waals surface area contributed by atoms with Crippen molar-refractivity contribution in [3.05, 3.63) is 90.0 Å². The highest BCUT2D eigenvalue weighted by Gasteiger charge is 2.40. The summed E-state index contributed by atoms with van der Waals surface area (Å²) in [5.41, 5.74) is 5.68. The van der Waals surface area contributed by atoms with Gasteiger partial charge in [-0.25, -0.2) is 0 Å². The maximum absolute atomic E-state index is 13.3. The zero-order valence-electron chi connectivity index (χ0n) is 23.0. The third-order valence-corrected chi connectivity index (χ3v) is 7.78. The van der Waals surface area contributed by atoms with E-state index in [9.17, 15) is 4.79 Å². The molecule has 1 unspecified atom stereocenters. The number of hydrogen-bond donors (Lipinski definition) is 0. The summed E-state index contributed by atoms with van der Waals surface area (Å²) < 4.78 is 5.76. The fourth-order valence-corrected chi connectivity index (χ4v) is 5.57. The van der Waals surface area contributed by atoms with Gasteiger partial charge in [0, 0.05) is 31.9 Å². The molecule has 1 aliphatic rings. The third-order valence-electron chi connectivity index (χ3n) is 7.78. The minimum Gasteiger partial charge on any atom is -0.462 e. The number of piperazine rings is 1. The molecule has 4 rings (SSSR count). The Hall–Kier alpha value is -3.11. The first-order chi connectivity index (χ1) is 17.9. The lowest BCUT2D eigenvalue weighted by molar-refractivity contribution is -0.155. The van der Waals surface area contributed by atoms with Crippen LogP contribution in [0.5, 0.6) is 0 Å². The smallest absolute Gasteiger partial charge is 0.316 e. The number of aryl methyl sites for hydroxylation is 1. The topological polar surface area (TPSA) is 32.8 Å². The largest absolute Gasteiger partial charge is 0.462 e. The van der Waals surface area contributed by atoms with Crippen molar-refractivity contribution < 1.29 is 9.53 Å². The fraction of sp³-hybridized carbons (Fsp3) is 0.424. The van der Waals surface area contributed by atoms with Crippen LogP contribution in [0.25, 0.3) is 11.1 Å². The van der Waals surface area contributed by atoms with Gasteiger partial charge >= 0.3 is 5.97 Å². The van der Waals surface area contributed by atoms with Crippen molar-refractivity contribution in [3.63, 3.8) is 0 Å². The summed E-state index contributed by atoms with van der Waals surface area (Å²) in [5.74, 6) is -0.0884. The quantitative estimate of drug-likeness (QED) is 0.286. The van der Waals surface area contributed by atoms with Gasteiger partial charge in [-0.15, -0.1) is 0 Å². The molecule has 0 aromatic heterocycles. The maximum Gasteiger partial charge on any atom is 0.316 e. The van der Waals surface area contributed by atoms with Gasteiger partial charge in [0.2, 0.25) is 0 Å². The van der Waals surface area contributed by atoms with E-state index in [1.807, 2.05) is 32.0 Å². The monoisotopic (exact) mass is 498 g/mol. The second kappa shape index (κ2) is 12.4. The van der Waals surface area contributed by atoms with Crippen molar-refractivity contribution >= 4 is 11.7 Å². The van der Waals surface area contributed by atoms with E-state index in [0.29, 0.717) is 0 Å². The van der Waals surface area contributed by atoms with Gasteiger partial charge in [0.05, 0.1) is 11.5 Å². The van der Waals surface area contributed by atoms with E-state index < -0.39 is 5.41 Å². The Morgan fingerprint density at radius 3 is 2.30 bits per heavy atom. The number of anilines is 1. The average molecular weight is 499 g/mol. The molecule has 0 aliphatic carbocycles. The van der Waals surface area contributed by atoms with Crippen LogP contribution in [0.4, 0.5) is 5.69 Å². The summed E-state index contributed by atoms with van der Waals surface area (Å²) in [7, 11) is 0. The van der Waals surface area contributed by atoms with Crippen molar-refractivity contribution in [2.75, 3.05) is 37.6 Å². The Bertz CT molecular complexity index is 1150. The second-order valence-corrected chi connectivity index (χ2v) is 10.6. The summed E-state index contributed by atoms with van der Waals surface area (Å²) in [6, 6.07) is 27.7. The number of esters is 1. The fourth-order valence-electron chi connectivity index (χ4n) is 5.57. The number of hydrogen-bond acceptors (Lipinski definition) is 4. The van der Waals surface area contributed by atoms with Crippen molar-refractivity contribution in [2.45, 2.75) is 58.5 Å². The summed E-state index contributed by atoms with van der Waals surface area (Å²) in [4.78, 5) is 18.3. The summed E-state index contributed by atoms with van der Waals surface area (Å²) in [6.45, 7) is 13.3. The van der Waals surface area contributed by atoms with Crippen LogP contribution in [0, 0.1) is 6.92 Å². The number of nitrogens with zero attached hydrogens (tertiary/aromatic N) is 2. The van der Waals surface area contributed by atoms with Gasteiger partial charge < -0.3 is 9.64 Å². The van der Waals surface area contributed by atoms with Gasteiger partial charge in [-0.2, -0.15) is 0 Å². The van der Waals surface area contributed by atoms with E-state index in [4.69, 9.17) is 4.74 Å². The van der Waals surface area contributed by atoms with Gasteiger partial charge in [-0.05, 0) is 81.0 Å². The van der Waals surface area contributed by atoms with Crippen molar-refractivity contribution in [2.24, 2.45) is 0 Å². The van der Waals surface area contributed by atoms with E-state index in [1.165, 1.54) is 22.4 Å². The van der Waals surface area contributed by atoms with E-state index in [2.05, 4.69) is 84.3 Å². The lowest BCUT2D eigenvalue weighted by Gasteiger charge is -2.37. The first kappa shape index (κ1) is 26.9. The molecule has 0 radical (unpaired) electrons. The van der Waals surface area contributed by atoms with Crippen LogP contribution in [0.15, 0.2) is 78.9 Å². The number of benzene rings is 3. The lowest BCUT2D eigenvalue weighted by Crippen LogP contribution is -2.47. The van der Waals surface area contributed by atoms with Crippen LogP contribution in [0.2, 0.25) is 0 Å².